The average Bonchev–Trinajstić information content (AvgIpc) is 3.16. The van der Waals surface area contributed by atoms with Crippen LogP contribution >= 0.6 is 0 Å². The van der Waals surface area contributed by atoms with Crippen LogP contribution in [0.3, 0.4) is 0 Å². The van der Waals surface area contributed by atoms with Gasteiger partial charge in [0.25, 0.3) is 5.91 Å². The van der Waals surface area contributed by atoms with Crippen molar-refractivity contribution in [1.29, 1.82) is 5.26 Å². The first kappa shape index (κ1) is 15.5. The van der Waals surface area contributed by atoms with Gasteiger partial charge >= 0.3 is 0 Å². The number of hydrogen-bond donors (Lipinski definition) is 0. The fourth-order valence-corrected chi connectivity index (χ4v) is 3.53. The molecule has 2 aliphatic heterocycles. The van der Waals surface area contributed by atoms with E-state index in [-0.39, 0.29) is 12.7 Å². The van der Waals surface area contributed by atoms with Crippen molar-refractivity contribution in [3.63, 3.8) is 0 Å². The molecule has 1 amide bonds. The zero-order valence-electron chi connectivity index (χ0n) is 13.8. The number of ether oxygens (including phenoxy) is 2. The summed E-state index contributed by atoms with van der Waals surface area (Å²) >= 11 is 0. The van der Waals surface area contributed by atoms with E-state index in [9.17, 15) is 10.1 Å². The summed E-state index contributed by atoms with van der Waals surface area (Å²) in [4.78, 5) is 14.6. The number of hydrogen-bond acceptors (Lipinski definition) is 4. The molecule has 0 N–H and O–H groups in total. The minimum Gasteiger partial charge on any atom is -0.454 e. The van der Waals surface area contributed by atoms with Crippen LogP contribution in [0.4, 0.5) is 0 Å². The molecule has 126 valence electrons. The highest BCUT2D eigenvalue weighted by atomic mass is 16.7. The predicted molar refractivity (Wildman–Crippen MR) is 91.4 cm³/mol. The molecule has 25 heavy (non-hydrogen) atoms. The van der Waals surface area contributed by atoms with E-state index < -0.39 is 5.41 Å². The second-order valence-electron chi connectivity index (χ2n) is 6.42. The molecule has 0 unspecified atom stereocenters. The predicted octanol–water partition coefficient (Wildman–Crippen LogP) is 3.11. The van der Waals surface area contributed by atoms with E-state index in [1.807, 2.05) is 35.2 Å². The Bertz CT molecular complexity index is 834. The lowest BCUT2D eigenvalue weighted by Gasteiger charge is -2.37. The van der Waals surface area contributed by atoms with Gasteiger partial charge in [0.05, 0.1) is 11.5 Å². The van der Waals surface area contributed by atoms with Gasteiger partial charge in [0, 0.05) is 18.7 Å². The quantitative estimate of drug-likeness (QED) is 0.846. The van der Waals surface area contributed by atoms with Crippen LogP contribution in [0.5, 0.6) is 11.5 Å². The van der Waals surface area contributed by atoms with Crippen molar-refractivity contribution in [2.75, 3.05) is 19.9 Å². The number of fused-ring (bicyclic) bond motifs is 1. The topological polar surface area (TPSA) is 62.6 Å². The van der Waals surface area contributed by atoms with Crippen LogP contribution in [0.1, 0.15) is 28.8 Å². The summed E-state index contributed by atoms with van der Waals surface area (Å²) in [5.41, 5.74) is 1.12. The van der Waals surface area contributed by atoms with Crippen molar-refractivity contribution in [3.05, 3.63) is 59.7 Å². The lowest BCUT2D eigenvalue weighted by atomic mass is 9.74. The molecule has 5 nitrogen and oxygen atoms in total. The monoisotopic (exact) mass is 334 g/mol. The van der Waals surface area contributed by atoms with Crippen LogP contribution in [0, 0.1) is 11.3 Å². The van der Waals surface area contributed by atoms with Crippen LogP contribution < -0.4 is 9.47 Å². The molecule has 0 aromatic heterocycles. The minimum absolute atomic E-state index is 0.0297. The zero-order valence-corrected chi connectivity index (χ0v) is 13.8. The van der Waals surface area contributed by atoms with Crippen molar-refractivity contribution in [2.45, 2.75) is 18.3 Å². The van der Waals surface area contributed by atoms with Crippen molar-refractivity contribution in [2.24, 2.45) is 0 Å². The van der Waals surface area contributed by atoms with E-state index in [0.29, 0.717) is 43.0 Å². The van der Waals surface area contributed by atoms with Gasteiger partial charge in [-0.2, -0.15) is 5.26 Å². The second-order valence-corrected chi connectivity index (χ2v) is 6.42. The molecule has 0 aliphatic carbocycles. The minimum atomic E-state index is -0.507. The SMILES string of the molecule is N#CC1(c2ccccc2)CCN(C(=O)c2ccc3c(c2)OCO3)CC1. The Morgan fingerprint density at radius 3 is 2.48 bits per heavy atom. The fraction of sp³-hybridized carbons (Fsp3) is 0.300. The number of carbonyl (C=O) groups excluding carboxylic acids is 1. The largest absolute Gasteiger partial charge is 0.454 e. The van der Waals surface area contributed by atoms with Gasteiger partial charge in [-0.25, -0.2) is 0 Å². The third-order valence-corrected chi connectivity index (χ3v) is 5.06. The smallest absolute Gasteiger partial charge is 0.253 e. The number of likely N-dealkylation sites (tertiary alicyclic amines) is 1. The summed E-state index contributed by atoms with van der Waals surface area (Å²) in [6.07, 6.45) is 1.29. The van der Waals surface area contributed by atoms with Crippen molar-refractivity contribution < 1.29 is 14.3 Å². The van der Waals surface area contributed by atoms with Gasteiger partial charge in [0.2, 0.25) is 6.79 Å². The van der Waals surface area contributed by atoms with E-state index >= 15 is 0 Å². The third-order valence-electron chi connectivity index (χ3n) is 5.06. The van der Waals surface area contributed by atoms with Crippen LogP contribution in [0.15, 0.2) is 48.5 Å². The molecule has 0 atom stereocenters. The molecule has 1 saturated heterocycles. The molecular formula is C20H18N2O3. The number of nitrogens with zero attached hydrogens (tertiary/aromatic N) is 2. The van der Waals surface area contributed by atoms with Crippen LogP contribution in [0.2, 0.25) is 0 Å². The lowest BCUT2D eigenvalue weighted by molar-refractivity contribution is 0.0691. The van der Waals surface area contributed by atoms with Gasteiger partial charge < -0.3 is 14.4 Å². The summed E-state index contributed by atoms with van der Waals surface area (Å²) in [6, 6.07) is 17.6. The Labute approximate surface area is 146 Å². The maximum atomic E-state index is 12.8. The van der Waals surface area contributed by atoms with Gasteiger partial charge in [-0.05, 0) is 36.6 Å². The molecule has 2 heterocycles. The number of rotatable bonds is 2. The molecule has 0 spiro atoms. The normalized spacial score (nSPS) is 17.8. The molecule has 2 aromatic rings. The van der Waals surface area contributed by atoms with Crippen LogP contribution in [0.25, 0.3) is 0 Å². The van der Waals surface area contributed by atoms with E-state index in [4.69, 9.17) is 9.47 Å². The Morgan fingerprint density at radius 1 is 1.04 bits per heavy atom. The molecule has 2 aromatic carbocycles. The summed E-state index contributed by atoms with van der Waals surface area (Å²) in [5, 5.41) is 9.76. The number of nitriles is 1. The lowest BCUT2D eigenvalue weighted by Crippen LogP contribution is -2.44. The number of piperidine rings is 1. The maximum Gasteiger partial charge on any atom is 0.253 e. The molecule has 2 aliphatic rings. The number of carbonyl (C=O) groups is 1. The Hall–Kier alpha value is -3.00. The number of amides is 1. The molecule has 1 fully saturated rings. The molecule has 0 radical (unpaired) electrons. The highest BCUT2D eigenvalue weighted by Gasteiger charge is 2.37. The summed E-state index contributed by atoms with van der Waals surface area (Å²) in [6.45, 7) is 1.32. The standard InChI is InChI=1S/C20H18N2O3/c21-13-20(16-4-2-1-3-5-16)8-10-22(11-9-20)19(23)15-6-7-17-18(12-15)25-14-24-17/h1-7,12H,8-11,14H2. The van der Waals surface area contributed by atoms with E-state index in [1.165, 1.54) is 0 Å². The summed E-state index contributed by atoms with van der Waals surface area (Å²) in [7, 11) is 0. The number of benzene rings is 2. The molecule has 4 rings (SSSR count). The van der Waals surface area contributed by atoms with Crippen molar-refractivity contribution in [1.82, 2.24) is 4.90 Å². The van der Waals surface area contributed by atoms with Gasteiger partial charge in [-0.3, -0.25) is 4.79 Å². The molecule has 0 bridgehead atoms. The highest BCUT2D eigenvalue weighted by Crippen LogP contribution is 2.36. The molecule has 5 heteroatoms. The maximum absolute atomic E-state index is 12.8. The average molecular weight is 334 g/mol. The first-order valence-electron chi connectivity index (χ1n) is 8.38. The fourth-order valence-electron chi connectivity index (χ4n) is 3.53. The van der Waals surface area contributed by atoms with Crippen LogP contribution in [-0.4, -0.2) is 30.7 Å². The van der Waals surface area contributed by atoms with E-state index in [0.717, 1.165) is 5.56 Å². The Morgan fingerprint density at radius 2 is 1.76 bits per heavy atom. The summed E-state index contributed by atoms with van der Waals surface area (Å²) < 4.78 is 10.6. The first-order chi connectivity index (χ1) is 12.2. The van der Waals surface area contributed by atoms with Gasteiger partial charge in [-0.15, -0.1) is 0 Å². The second kappa shape index (κ2) is 6.14. The van der Waals surface area contributed by atoms with E-state index in [2.05, 4.69) is 6.07 Å². The van der Waals surface area contributed by atoms with Crippen molar-refractivity contribution >= 4 is 5.91 Å². The summed E-state index contributed by atoms with van der Waals surface area (Å²) in [5.74, 6) is 1.25. The zero-order chi connectivity index (χ0) is 17.3. The van der Waals surface area contributed by atoms with Gasteiger partial charge in [-0.1, -0.05) is 30.3 Å². The Balaban J connectivity index is 1.50. The highest BCUT2D eigenvalue weighted by molar-refractivity contribution is 5.95. The van der Waals surface area contributed by atoms with Crippen LogP contribution in [-0.2, 0) is 5.41 Å². The molecular weight excluding hydrogens is 316 g/mol. The van der Waals surface area contributed by atoms with E-state index in [1.54, 1.807) is 18.2 Å². The van der Waals surface area contributed by atoms with Gasteiger partial charge in [0.1, 0.15) is 0 Å². The third kappa shape index (κ3) is 2.70. The molecule has 0 saturated carbocycles. The first-order valence-corrected chi connectivity index (χ1v) is 8.38. The Kier molecular flexibility index (Phi) is 3.81. The van der Waals surface area contributed by atoms with Crippen molar-refractivity contribution in [3.8, 4) is 17.6 Å². The van der Waals surface area contributed by atoms with Gasteiger partial charge in [0.15, 0.2) is 11.5 Å².